The lowest BCUT2D eigenvalue weighted by molar-refractivity contribution is -0.123. The Hall–Kier alpha value is -1.75. The summed E-state index contributed by atoms with van der Waals surface area (Å²) >= 11 is 0. The van der Waals surface area contributed by atoms with E-state index in [1.54, 1.807) is 24.3 Å². The van der Waals surface area contributed by atoms with Crippen molar-refractivity contribution < 1.29 is 14.3 Å². The molecule has 88 valence electrons. The zero-order chi connectivity index (χ0) is 12.0. The van der Waals surface area contributed by atoms with Gasteiger partial charge < -0.3 is 20.5 Å². The second kappa shape index (κ2) is 5.97. The highest BCUT2D eigenvalue weighted by atomic mass is 16.5. The van der Waals surface area contributed by atoms with Crippen LogP contribution in [0.2, 0.25) is 0 Å². The largest absolute Gasteiger partial charge is 0.489 e. The summed E-state index contributed by atoms with van der Waals surface area (Å²) in [6, 6.07) is 7.07. The predicted octanol–water partition coefficient (Wildman–Crippen LogP) is 0.756. The number of hydrogen-bond donors (Lipinski definition) is 2. The van der Waals surface area contributed by atoms with Crippen LogP contribution in [0.3, 0.4) is 0 Å². The third kappa shape index (κ3) is 4.18. The predicted molar refractivity (Wildman–Crippen MR) is 61.0 cm³/mol. The Morgan fingerprint density at radius 1 is 1.56 bits per heavy atom. The molecule has 1 rings (SSSR count). The molecule has 1 aromatic carbocycles. The van der Waals surface area contributed by atoms with Gasteiger partial charge in [-0.2, -0.15) is 0 Å². The molecule has 0 aliphatic heterocycles. The molecule has 0 radical (unpaired) electrons. The minimum absolute atomic E-state index is 0.164. The Bertz CT molecular complexity index is 355. The van der Waals surface area contributed by atoms with Gasteiger partial charge in [0.15, 0.2) is 6.23 Å². The Morgan fingerprint density at radius 2 is 2.31 bits per heavy atom. The van der Waals surface area contributed by atoms with Crippen molar-refractivity contribution >= 4 is 11.6 Å². The van der Waals surface area contributed by atoms with Crippen LogP contribution in [0, 0.1) is 0 Å². The molecule has 1 unspecified atom stereocenters. The van der Waals surface area contributed by atoms with Crippen LogP contribution in [0.5, 0.6) is 5.75 Å². The second-order valence-corrected chi connectivity index (χ2v) is 3.31. The monoisotopic (exact) mass is 224 g/mol. The number of carbonyl (C=O) groups excluding carboxylic acids is 1. The molecule has 0 saturated carbocycles. The average Bonchev–Trinajstić information content (AvgIpc) is 2.24. The van der Waals surface area contributed by atoms with Gasteiger partial charge in [0.2, 0.25) is 5.91 Å². The van der Waals surface area contributed by atoms with Gasteiger partial charge in [-0.25, -0.2) is 0 Å². The summed E-state index contributed by atoms with van der Waals surface area (Å²) in [7, 11) is 1.50. The van der Waals surface area contributed by atoms with Crippen LogP contribution in [0.15, 0.2) is 24.3 Å². The van der Waals surface area contributed by atoms with Crippen molar-refractivity contribution in [3.63, 3.8) is 0 Å². The number of nitrogens with two attached hydrogens (primary N) is 1. The van der Waals surface area contributed by atoms with Crippen molar-refractivity contribution in [3.8, 4) is 5.75 Å². The maximum atomic E-state index is 10.8. The van der Waals surface area contributed by atoms with Crippen LogP contribution >= 0.6 is 0 Å². The van der Waals surface area contributed by atoms with Gasteiger partial charge in [-0.15, -0.1) is 0 Å². The Kier molecular flexibility index (Phi) is 4.60. The van der Waals surface area contributed by atoms with Gasteiger partial charge >= 0.3 is 0 Å². The van der Waals surface area contributed by atoms with E-state index in [1.165, 1.54) is 14.0 Å². The maximum Gasteiger partial charge on any atom is 0.218 e. The van der Waals surface area contributed by atoms with E-state index in [9.17, 15) is 4.79 Å². The van der Waals surface area contributed by atoms with Crippen molar-refractivity contribution in [2.45, 2.75) is 13.2 Å². The number of nitrogens with one attached hydrogen (secondary N) is 1. The highest BCUT2D eigenvalue weighted by Gasteiger charge is 2.08. The third-order valence-electron chi connectivity index (χ3n) is 1.91. The Labute approximate surface area is 94.5 Å². The van der Waals surface area contributed by atoms with E-state index in [1.807, 2.05) is 0 Å². The van der Waals surface area contributed by atoms with E-state index in [0.29, 0.717) is 11.4 Å². The standard InChI is InChI=1S/C11H16N2O3/c1-8(14)13-11(15-2)7-16-10-5-3-4-9(12)6-10/h3-6,11H,7,12H2,1-2H3,(H,13,14). The van der Waals surface area contributed by atoms with E-state index in [4.69, 9.17) is 15.2 Å². The first-order valence-corrected chi connectivity index (χ1v) is 4.90. The molecule has 1 aromatic rings. The number of amides is 1. The lowest BCUT2D eigenvalue weighted by Crippen LogP contribution is -2.39. The molecule has 0 heterocycles. The lowest BCUT2D eigenvalue weighted by atomic mass is 10.3. The molecule has 0 fully saturated rings. The molecule has 5 heteroatoms. The SMILES string of the molecule is COC(COc1cccc(N)c1)NC(C)=O. The zero-order valence-electron chi connectivity index (χ0n) is 9.40. The fraction of sp³-hybridized carbons (Fsp3) is 0.364. The molecule has 16 heavy (non-hydrogen) atoms. The van der Waals surface area contributed by atoms with Crippen molar-refractivity contribution in [1.29, 1.82) is 0 Å². The van der Waals surface area contributed by atoms with E-state index in [0.717, 1.165) is 0 Å². The summed E-state index contributed by atoms with van der Waals surface area (Å²) in [4.78, 5) is 10.8. The molecule has 0 aliphatic carbocycles. The van der Waals surface area contributed by atoms with Gasteiger partial charge in [0, 0.05) is 25.8 Å². The lowest BCUT2D eigenvalue weighted by Gasteiger charge is -2.16. The molecule has 1 atom stereocenters. The van der Waals surface area contributed by atoms with Crippen molar-refractivity contribution in [2.24, 2.45) is 0 Å². The summed E-state index contributed by atoms with van der Waals surface area (Å²) < 4.78 is 10.4. The normalized spacial score (nSPS) is 11.9. The van der Waals surface area contributed by atoms with Gasteiger partial charge in [-0.05, 0) is 12.1 Å². The molecule has 0 aliphatic rings. The topological polar surface area (TPSA) is 73.6 Å². The van der Waals surface area contributed by atoms with Crippen molar-refractivity contribution in [2.75, 3.05) is 19.5 Å². The third-order valence-corrected chi connectivity index (χ3v) is 1.91. The van der Waals surface area contributed by atoms with Gasteiger partial charge in [-0.3, -0.25) is 4.79 Å². The van der Waals surface area contributed by atoms with Crippen LogP contribution in [0.25, 0.3) is 0 Å². The first kappa shape index (κ1) is 12.3. The van der Waals surface area contributed by atoms with E-state index in [2.05, 4.69) is 5.32 Å². The molecule has 1 amide bonds. The number of methoxy groups -OCH3 is 1. The minimum Gasteiger partial charge on any atom is -0.489 e. The van der Waals surface area contributed by atoms with Gasteiger partial charge in [-0.1, -0.05) is 6.07 Å². The van der Waals surface area contributed by atoms with Crippen molar-refractivity contribution in [1.82, 2.24) is 5.32 Å². The summed E-state index contributed by atoms with van der Waals surface area (Å²) in [6.45, 7) is 1.66. The summed E-state index contributed by atoms with van der Waals surface area (Å²) in [5.41, 5.74) is 6.23. The van der Waals surface area contributed by atoms with E-state index < -0.39 is 6.23 Å². The van der Waals surface area contributed by atoms with Gasteiger partial charge in [0.25, 0.3) is 0 Å². The van der Waals surface area contributed by atoms with Crippen LogP contribution < -0.4 is 15.8 Å². The number of hydrogen-bond acceptors (Lipinski definition) is 4. The molecule has 5 nitrogen and oxygen atoms in total. The molecular weight excluding hydrogens is 208 g/mol. The number of anilines is 1. The maximum absolute atomic E-state index is 10.8. The smallest absolute Gasteiger partial charge is 0.218 e. The molecule has 0 spiro atoms. The second-order valence-electron chi connectivity index (χ2n) is 3.31. The number of benzene rings is 1. The van der Waals surface area contributed by atoms with Crippen molar-refractivity contribution in [3.05, 3.63) is 24.3 Å². The molecule has 3 N–H and O–H groups in total. The number of nitrogen functional groups attached to an aromatic ring is 1. The summed E-state index contributed by atoms with van der Waals surface area (Å²) in [5.74, 6) is 0.482. The van der Waals surface area contributed by atoms with Crippen LogP contribution in [0.1, 0.15) is 6.92 Å². The molecule has 0 aromatic heterocycles. The number of rotatable bonds is 5. The highest BCUT2D eigenvalue weighted by molar-refractivity contribution is 5.73. The highest BCUT2D eigenvalue weighted by Crippen LogP contribution is 2.14. The average molecular weight is 224 g/mol. The fourth-order valence-electron chi connectivity index (χ4n) is 1.17. The molecule has 0 bridgehead atoms. The fourth-order valence-corrected chi connectivity index (χ4v) is 1.17. The minimum atomic E-state index is -0.459. The molecular formula is C11H16N2O3. The van der Waals surface area contributed by atoms with E-state index in [-0.39, 0.29) is 12.5 Å². The summed E-state index contributed by atoms with van der Waals surface area (Å²) in [5, 5.41) is 2.60. The first-order valence-electron chi connectivity index (χ1n) is 4.90. The van der Waals surface area contributed by atoms with Gasteiger partial charge in [0.1, 0.15) is 12.4 Å². The van der Waals surface area contributed by atoms with Crippen LogP contribution in [0.4, 0.5) is 5.69 Å². The van der Waals surface area contributed by atoms with E-state index >= 15 is 0 Å². The van der Waals surface area contributed by atoms with Gasteiger partial charge in [0.05, 0.1) is 0 Å². The zero-order valence-corrected chi connectivity index (χ0v) is 9.40. The number of carbonyl (C=O) groups is 1. The van der Waals surface area contributed by atoms with Crippen LogP contribution in [-0.4, -0.2) is 25.9 Å². The quantitative estimate of drug-likeness (QED) is 0.572. The molecule has 0 saturated heterocycles. The number of ether oxygens (including phenoxy) is 2. The Balaban J connectivity index is 2.46. The Morgan fingerprint density at radius 3 is 2.88 bits per heavy atom. The first-order chi connectivity index (χ1) is 7.61. The van der Waals surface area contributed by atoms with Crippen LogP contribution in [-0.2, 0) is 9.53 Å². The summed E-state index contributed by atoms with van der Waals surface area (Å²) in [6.07, 6.45) is -0.459.